The highest BCUT2D eigenvalue weighted by Gasteiger charge is 2.23. The predicted molar refractivity (Wildman–Crippen MR) is 114 cm³/mol. The van der Waals surface area contributed by atoms with Crippen LogP contribution in [0.2, 0.25) is 0 Å². The minimum absolute atomic E-state index is 0.00762. The molecule has 1 N–H and O–H groups in total. The number of amides is 1. The quantitative estimate of drug-likeness (QED) is 0.480. The van der Waals surface area contributed by atoms with Crippen molar-refractivity contribution in [1.29, 1.82) is 0 Å². The summed E-state index contributed by atoms with van der Waals surface area (Å²) in [6.07, 6.45) is 6.30. The summed E-state index contributed by atoms with van der Waals surface area (Å²) in [5.41, 5.74) is 2.36. The molecule has 146 valence electrons. The number of carbonyl (C=O) groups is 1. The zero-order chi connectivity index (χ0) is 19.5. The number of hydrogen-bond acceptors (Lipinski definition) is 6. The average molecular weight is 414 g/mol. The van der Waals surface area contributed by atoms with Crippen LogP contribution < -0.4 is 10.1 Å². The molecule has 0 spiro atoms. The van der Waals surface area contributed by atoms with Crippen LogP contribution in [0.1, 0.15) is 35.8 Å². The molecule has 2 heterocycles. The summed E-state index contributed by atoms with van der Waals surface area (Å²) in [5, 5.41) is 4.86. The lowest BCUT2D eigenvalue weighted by Gasteiger charge is -2.15. The molecule has 4 rings (SSSR count). The summed E-state index contributed by atoms with van der Waals surface area (Å²) in [6.45, 7) is 2.37. The van der Waals surface area contributed by atoms with E-state index in [-0.39, 0.29) is 11.2 Å². The monoisotopic (exact) mass is 413 g/mol. The van der Waals surface area contributed by atoms with Crippen molar-refractivity contribution in [2.24, 2.45) is 0 Å². The van der Waals surface area contributed by atoms with Gasteiger partial charge in [0.15, 0.2) is 0 Å². The smallest absolute Gasteiger partial charge is 0.233 e. The number of methoxy groups -OCH3 is 1. The van der Waals surface area contributed by atoms with Crippen molar-refractivity contribution in [2.75, 3.05) is 7.11 Å². The Morgan fingerprint density at radius 2 is 2.11 bits per heavy atom. The molecule has 28 heavy (non-hydrogen) atoms. The summed E-state index contributed by atoms with van der Waals surface area (Å²) in [5.74, 6) is 0.775. The van der Waals surface area contributed by atoms with Crippen molar-refractivity contribution in [1.82, 2.24) is 15.3 Å². The highest BCUT2D eigenvalue weighted by atomic mass is 32.2. The van der Waals surface area contributed by atoms with Gasteiger partial charge in [0.25, 0.3) is 0 Å². The molecule has 7 heteroatoms. The summed E-state index contributed by atoms with van der Waals surface area (Å²) in [4.78, 5) is 24.1. The topological polar surface area (TPSA) is 64.1 Å². The second kappa shape index (κ2) is 8.49. The summed E-state index contributed by atoms with van der Waals surface area (Å²) in [6, 6.07) is 7.73. The Morgan fingerprint density at radius 3 is 2.96 bits per heavy atom. The van der Waals surface area contributed by atoms with Crippen LogP contribution in [0.25, 0.3) is 10.2 Å². The third-order valence-electron chi connectivity index (χ3n) is 5.02. The number of thiophene rings is 1. The normalized spacial score (nSPS) is 14.5. The van der Waals surface area contributed by atoms with Crippen LogP contribution in [-0.2, 0) is 24.2 Å². The zero-order valence-corrected chi connectivity index (χ0v) is 17.7. The second-order valence-electron chi connectivity index (χ2n) is 6.86. The van der Waals surface area contributed by atoms with Gasteiger partial charge >= 0.3 is 0 Å². The van der Waals surface area contributed by atoms with E-state index in [2.05, 4.69) is 15.3 Å². The molecular weight excluding hydrogens is 390 g/mol. The van der Waals surface area contributed by atoms with Gasteiger partial charge in [-0.05, 0) is 44.2 Å². The number of benzene rings is 1. The summed E-state index contributed by atoms with van der Waals surface area (Å²) < 4.78 is 5.35. The van der Waals surface area contributed by atoms with Gasteiger partial charge in [0.2, 0.25) is 5.91 Å². The van der Waals surface area contributed by atoms with Gasteiger partial charge in [0.05, 0.1) is 12.4 Å². The zero-order valence-electron chi connectivity index (χ0n) is 16.0. The molecule has 3 aromatic rings. The average Bonchev–Trinajstić information content (AvgIpc) is 3.11. The number of rotatable bonds is 6. The molecule has 1 amide bonds. The lowest BCUT2D eigenvalue weighted by Crippen LogP contribution is -2.30. The van der Waals surface area contributed by atoms with Gasteiger partial charge in [-0.15, -0.1) is 11.3 Å². The van der Waals surface area contributed by atoms with Gasteiger partial charge in [-0.1, -0.05) is 30.0 Å². The van der Waals surface area contributed by atoms with Gasteiger partial charge in [-0.25, -0.2) is 9.97 Å². The SMILES string of the molecule is COc1ccccc1CNC(=O)[C@@H](C)Sc1ncnc2sc3c(c12)CCCC3. The maximum atomic E-state index is 12.7. The number of fused-ring (bicyclic) bond motifs is 3. The molecule has 1 aliphatic rings. The molecule has 1 atom stereocenters. The van der Waals surface area contributed by atoms with E-state index in [1.807, 2.05) is 31.2 Å². The maximum absolute atomic E-state index is 12.7. The lowest BCUT2D eigenvalue weighted by atomic mass is 9.97. The van der Waals surface area contributed by atoms with Gasteiger partial charge in [0.1, 0.15) is 21.9 Å². The fraction of sp³-hybridized carbons (Fsp3) is 0.381. The Bertz CT molecular complexity index is 1000. The van der Waals surface area contributed by atoms with Crippen molar-refractivity contribution in [3.05, 3.63) is 46.6 Å². The van der Waals surface area contributed by atoms with Crippen molar-refractivity contribution in [3.8, 4) is 5.75 Å². The first-order valence-corrected chi connectivity index (χ1v) is 11.2. The largest absolute Gasteiger partial charge is 0.496 e. The molecule has 0 saturated heterocycles. The summed E-state index contributed by atoms with van der Waals surface area (Å²) >= 11 is 3.30. The van der Waals surface area contributed by atoms with E-state index in [9.17, 15) is 4.79 Å². The number of hydrogen-bond donors (Lipinski definition) is 1. The molecule has 5 nitrogen and oxygen atoms in total. The molecule has 0 saturated carbocycles. The molecule has 0 aliphatic heterocycles. The van der Waals surface area contributed by atoms with E-state index in [4.69, 9.17) is 4.74 Å². The molecule has 0 unspecified atom stereocenters. The molecule has 0 radical (unpaired) electrons. The van der Waals surface area contributed by atoms with Crippen LogP contribution in [-0.4, -0.2) is 28.2 Å². The van der Waals surface area contributed by atoms with Crippen molar-refractivity contribution < 1.29 is 9.53 Å². The fourth-order valence-electron chi connectivity index (χ4n) is 3.55. The van der Waals surface area contributed by atoms with Crippen LogP contribution in [0.3, 0.4) is 0 Å². The first-order valence-electron chi connectivity index (χ1n) is 9.49. The molecular formula is C21H23N3O2S2. The Morgan fingerprint density at radius 1 is 1.29 bits per heavy atom. The third-order valence-corrected chi connectivity index (χ3v) is 7.32. The Kier molecular flexibility index (Phi) is 5.82. The van der Waals surface area contributed by atoms with E-state index < -0.39 is 0 Å². The number of nitrogens with zero attached hydrogens (tertiary/aromatic N) is 2. The van der Waals surface area contributed by atoms with Crippen molar-refractivity contribution in [2.45, 2.75) is 49.4 Å². The first kappa shape index (κ1) is 19.2. The van der Waals surface area contributed by atoms with Crippen LogP contribution >= 0.6 is 23.1 Å². The van der Waals surface area contributed by atoms with Gasteiger partial charge in [-0.2, -0.15) is 0 Å². The molecule has 0 bridgehead atoms. The molecule has 1 aromatic carbocycles. The number of carbonyl (C=O) groups excluding carboxylic acids is 1. The van der Waals surface area contributed by atoms with Crippen LogP contribution in [0.5, 0.6) is 5.75 Å². The van der Waals surface area contributed by atoms with Crippen molar-refractivity contribution >= 4 is 39.2 Å². The van der Waals surface area contributed by atoms with Gasteiger partial charge in [0, 0.05) is 22.4 Å². The lowest BCUT2D eigenvalue weighted by molar-refractivity contribution is -0.120. The van der Waals surface area contributed by atoms with E-state index in [1.54, 1.807) is 24.8 Å². The Hall–Kier alpha value is -2.12. The van der Waals surface area contributed by atoms with E-state index >= 15 is 0 Å². The van der Waals surface area contributed by atoms with E-state index in [0.717, 1.165) is 39.4 Å². The van der Waals surface area contributed by atoms with E-state index in [0.29, 0.717) is 6.54 Å². The maximum Gasteiger partial charge on any atom is 0.233 e. The number of ether oxygens (including phenoxy) is 1. The number of nitrogens with one attached hydrogen (secondary N) is 1. The fourth-order valence-corrected chi connectivity index (χ4v) is 5.81. The first-order chi connectivity index (χ1) is 13.7. The number of thioether (sulfide) groups is 1. The minimum Gasteiger partial charge on any atom is -0.496 e. The number of para-hydroxylation sites is 1. The van der Waals surface area contributed by atoms with Gasteiger partial charge in [-0.3, -0.25) is 4.79 Å². The second-order valence-corrected chi connectivity index (χ2v) is 9.27. The van der Waals surface area contributed by atoms with Crippen LogP contribution in [0.4, 0.5) is 0 Å². The number of aromatic nitrogens is 2. The van der Waals surface area contributed by atoms with Crippen LogP contribution in [0.15, 0.2) is 35.6 Å². The standard InChI is InChI=1S/C21H23N3O2S2/c1-13(19(25)22-11-14-7-3-5-9-16(14)26-2)27-20-18-15-8-4-6-10-17(15)28-21(18)24-12-23-20/h3,5,7,9,12-13H,4,6,8,10-11H2,1-2H3,(H,22,25)/t13-/m1/s1. The molecule has 2 aromatic heterocycles. The van der Waals surface area contributed by atoms with E-state index in [1.165, 1.54) is 35.0 Å². The Balaban J connectivity index is 1.48. The number of aryl methyl sites for hydroxylation is 2. The highest BCUT2D eigenvalue weighted by Crippen LogP contribution is 2.40. The van der Waals surface area contributed by atoms with Crippen LogP contribution in [0, 0.1) is 0 Å². The molecule has 1 aliphatic carbocycles. The summed E-state index contributed by atoms with van der Waals surface area (Å²) in [7, 11) is 1.64. The minimum atomic E-state index is -0.244. The third kappa shape index (κ3) is 3.86. The molecule has 0 fully saturated rings. The highest BCUT2D eigenvalue weighted by molar-refractivity contribution is 8.00. The van der Waals surface area contributed by atoms with Gasteiger partial charge < -0.3 is 10.1 Å². The van der Waals surface area contributed by atoms with Crippen molar-refractivity contribution in [3.63, 3.8) is 0 Å². The predicted octanol–water partition coefficient (Wildman–Crippen LogP) is 4.38. The Labute approximate surface area is 172 Å².